The van der Waals surface area contributed by atoms with Crippen LogP contribution in [-0.4, -0.2) is 22.2 Å². The molecule has 1 nitrogen and oxygen atoms in total. The van der Waals surface area contributed by atoms with Gasteiger partial charge in [-0.3, -0.25) is 0 Å². The largest absolute Gasteiger partial charge is 0.390 e. The lowest BCUT2D eigenvalue weighted by molar-refractivity contribution is -0.114. The summed E-state index contributed by atoms with van der Waals surface area (Å²) in [6, 6.07) is 0. The summed E-state index contributed by atoms with van der Waals surface area (Å²) < 4.78 is 0. The number of hydrogen-bond acceptors (Lipinski definition) is 2. The molecule has 0 bridgehead atoms. The van der Waals surface area contributed by atoms with Crippen molar-refractivity contribution in [3.63, 3.8) is 0 Å². The van der Waals surface area contributed by atoms with Gasteiger partial charge >= 0.3 is 0 Å². The van der Waals surface area contributed by atoms with Crippen molar-refractivity contribution >= 4 is 11.8 Å². The van der Waals surface area contributed by atoms with E-state index in [2.05, 4.69) is 6.92 Å². The molecule has 0 aromatic rings. The normalized spacial score (nSPS) is 33.0. The third-order valence-electron chi connectivity index (χ3n) is 2.88. The molecule has 58 valence electrons. The number of aliphatic hydroxyl groups is 1. The van der Waals surface area contributed by atoms with Crippen molar-refractivity contribution in [2.75, 3.05) is 11.5 Å². The Morgan fingerprint density at radius 2 is 2.00 bits per heavy atom. The van der Waals surface area contributed by atoms with Crippen LogP contribution in [0, 0.1) is 5.41 Å². The van der Waals surface area contributed by atoms with Crippen LogP contribution in [0.25, 0.3) is 0 Å². The first kappa shape index (κ1) is 6.99. The molecule has 1 heterocycles. The Hall–Kier alpha value is 0.310. The zero-order valence-electron chi connectivity index (χ0n) is 6.39. The van der Waals surface area contributed by atoms with Crippen LogP contribution < -0.4 is 0 Å². The molecule has 0 amide bonds. The highest BCUT2D eigenvalue weighted by molar-refractivity contribution is 8.00. The minimum atomic E-state index is -0.263. The molecule has 0 aromatic heterocycles. The Balaban J connectivity index is 1.92. The highest BCUT2D eigenvalue weighted by atomic mass is 32.2. The highest BCUT2D eigenvalue weighted by Gasteiger charge is 2.55. The molecule has 1 saturated carbocycles. The molecular formula is C8H14OS. The Bertz CT molecular complexity index is 136. The van der Waals surface area contributed by atoms with E-state index in [1.54, 1.807) is 0 Å². The van der Waals surface area contributed by atoms with Crippen molar-refractivity contribution in [3.05, 3.63) is 0 Å². The van der Waals surface area contributed by atoms with Crippen molar-refractivity contribution < 1.29 is 5.11 Å². The van der Waals surface area contributed by atoms with E-state index in [1.807, 2.05) is 11.8 Å². The molecule has 2 aliphatic rings. The van der Waals surface area contributed by atoms with E-state index in [0.29, 0.717) is 5.41 Å². The van der Waals surface area contributed by atoms with E-state index in [4.69, 9.17) is 0 Å². The summed E-state index contributed by atoms with van der Waals surface area (Å²) in [5.74, 6) is 2.60. The molecule has 0 unspecified atom stereocenters. The Labute approximate surface area is 66.2 Å². The van der Waals surface area contributed by atoms with Crippen molar-refractivity contribution in [3.8, 4) is 0 Å². The maximum absolute atomic E-state index is 9.71. The van der Waals surface area contributed by atoms with Gasteiger partial charge in [-0.1, -0.05) is 6.92 Å². The third kappa shape index (κ3) is 0.817. The fourth-order valence-corrected chi connectivity index (χ4v) is 3.38. The van der Waals surface area contributed by atoms with Crippen LogP contribution >= 0.6 is 11.8 Å². The summed E-state index contributed by atoms with van der Waals surface area (Å²) in [6.07, 6.45) is 3.09. The topological polar surface area (TPSA) is 20.2 Å². The Morgan fingerprint density at radius 3 is 2.30 bits per heavy atom. The summed E-state index contributed by atoms with van der Waals surface area (Å²) in [5, 5.41) is 9.71. The fourth-order valence-electron chi connectivity index (χ4n) is 2.19. The first-order valence-corrected chi connectivity index (χ1v) is 5.14. The highest BCUT2D eigenvalue weighted by Crippen LogP contribution is 2.58. The monoisotopic (exact) mass is 158 g/mol. The Morgan fingerprint density at radius 1 is 1.40 bits per heavy atom. The van der Waals surface area contributed by atoms with E-state index >= 15 is 0 Å². The summed E-state index contributed by atoms with van der Waals surface area (Å²) in [5.41, 5.74) is 0.330. The lowest BCUT2D eigenvalue weighted by Crippen LogP contribution is -2.57. The molecule has 0 aromatic carbocycles. The Kier molecular flexibility index (Phi) is 1.34. The zero-order chi connectivity index (χ0) is 7.24. The fraction of sp³-hybridized carbons (Fsp3) is 1.00. The summed E-state index contributed by atoms with van der Waals surface area (Å²) in [6.45, 7) is 2.08. The van der Waals surface area contributed by atoms with Gasteiger partial charge in [0, 0.05) is 0 Å². The van der Waals surface area contributed by atoms with Crippen molar-refractivity contribution in [1.82, 2.24) is 0 Å². The molecule has 2 heteroatoms. The molecule has 1 aliphatic carbocycles. The number of rotatable bonds is 1. The van der Waals surface area contributed by atoms with Crippen LogP contribution in [0.5, 0.6) is 0 Å². The van der Waals surface area contributed by atoms with E-state index in [-0.39, 0.29) is 5.60 Å². The van der Waals surface area contributed by atoms with Crippen LogP contribution in [0.3, 0.4) is 0 Å². The maximum Gasteiger partial charge on any atom is 0.0657 e. The van der Waals surface area contributed by atoms with Gasteiger partial charge in [0.1, 0.15) is 0 Å². The van der Waals surface area contributed by atoms with Gasteiger partial charge in [0.15, 0.2) is 0 Å². The second-order valence-corrected chi connectivity index (χ2v) is 4.91. The molecule has 1 spiro atoms. The zero-order valence-corrected chi connectivity index (χ0v) is 7.21. The van der Waals surface area contributed by atoms with Crippen LogP contribution in [0.15, 0.2) is 0 Å². The molecule has 0 atom stereocenters. The van der Waals surface area contributed by atoms with Crippen molar-refractivity contribution in [2.24, 2.45) is 5.41 Å². The molecule has 2 rings (SSSR count). The van der Waals surface area contributed by atoms with E-state index in [0.717, 1.165) is 19.3 Å². The van der Waals surface area contributed by atoms with Crippen molar-refractivity contribution in [1.29, 1.82) is 0 Å². The van der Waals surface area contributed by atoms with Gasteiger partial charge in [-0.25, -0.2) is 0 Å². The lowest BCUT2D eigenvalue weighted by atomic mass is 9.59. The number of hydrogen-bond donors (Lipinski definition) is 1. The van der Waals surface area contributed by atoms with E-state index in [1.165, 1.54) is 11.5 Å². The average Bonchev–Trinajstić information content (AvgIpc) is 1.77. The minimum Gasteiger partial charge on any atom is -0.390 e. The van der Waals surface area contributed by atoms with Gasteiger partial charge < -0.3 is 5.11 Å². The molecule has 2 fully saturated rings. The van der Waals surface area contributed by atoms with E-state index in [9.17, 15) is 5.11 Å². The van der Waals surface area contributed by atoms with Gasteiger partial charge in [0.05, 0.1) is 5.60 Å². The summed E-state index contributed by atoms with van der Waals surface area (Å²) in [4.78, 5) is 0. The average molecular weight is 158 g/mol. The van der Waals surface area contributed by atoms with E-state index < -0.39 is 0 Å². The van der Waals surface area contributed by atoms with Gasteiger partial charge in [0.25, 0.3) is 0 Å². The van der Waals surface area contributed by atoms with Gasteiger partial charge in [-0.15, -0.1) is 0 Å². The summed E-state index contributed by atoms with van der Waals surface area (Å²) >= 11 is 2.02. The molecule has 1 saturated heterocycles. The maximum atomic E-state index is 9.71. The second-order valence-electron chi connectivity index (χ2n) is 3.92. The van der Waals surface area contributed by atoms with Crippen LogP contribution in [-0.2, 0) is 0 Å². The molecule has 1 N–H and O–H groups in total. The predicted molar refractivity (Wildman–Crippen MR) is 44.2 cm³/mol. The first-order chi connectivity index (χ1) is 4.68. The molecule has 1 aliphatic heterocycles. The molecular weight excluding hydrogens is 144 g/mol. The lowest BCUT2D eigenvalue weighted by Gasteiger charge is -2.58. The minimum absolute atomic E-state index is 0.263. The molecule has 0 radical (unpaired) electrons. The van der Waals surface area contributed by atoms with Crippen molar-refractivity contribution in [2.45, 2.75) is 31.8 Å². The second kappa shape index (κ2) is 1.92. The van der Waals surface area contributed by atoms with Crippen LogP contribution in [0.4, 0.5) is 0 Å². The quantitative estimate of drug-likeness (QED) is 0.626. The smallest absolute Gasteiger partial charge is 0.0657 e. The predicted octanol–water partition coefficient (Wildman–Crippen LogP) is 1.65. The van der Waals surface area contributed by atoms with Gasteiger partial charge in [0.2, 0.25) is 0 Å². The third-order valence-corrected chi connectivity index (χ3v) is 4.52. The van der Waals surface area contributed by atoms with Crippen LogP contribution in [0.2, 0.25) is 0 Å². The standard InChI is InChI=1S/C8H14OS/c1-2-8(9)3-7(4-8)5-10-6-7/h9H,2-6H2,1H3. The van der Waals surface area contributed by atoms with Crippen LogP contribution in [0.1, 0.15) is 26.2 Å². The molecule has 10 heavy (non-hydrogen) atoms. The SMILES string of the molecule is CCC1(O)CC2(CSC2)C1. The first-order valence-electron chi connectivity index (χ1n) is 3.98. The van der Waals surface area contributed by atoms with Gasteiger partial charge in [-0.05, 0) is 36.2 Å². The summed E-state index contributed by atoms with van der Waals surface area (Å²) in [7, 11) is 0. The van der Waals surface area contributed by atoms with Gasteiger partial charge in [-0.2, -0.15) is 11.8 Å². The number of thioether (sulfide) groups is 1.